The van der Waals surface area contributed by atoms with Gasteiger partial charge in [-0.2, -0.15) is 4.31 Å². The van der Waals surface area contributed by atoms with Crippen molar-refractivity contribution >= 4 is 27.5 Å². The minimum Gasteiger partial charge on any atom is -0.352 e. The molecule has 0 spiro atoms. The summed E-state index contributed by atoms with van der Waals surface area (Å²) in [4.78, 5) is 17.8. The lowest BCUT2D eigenvalue weighted by Crippen LogP contribution is -2.47. The van der Waals surface area contributed by atoms with Gasteiger partial charge in [0.1, 0.15) is 0 Å². The van der Waals surface area contributed by atoms with E-state index in [0.717, 1.165) is 71.4 Å². The van der Waals surface area contributed by atoms with Crippen molar-refractivity contribution in [2.75, 3.05) is 58.9 Å². The maximum absolute atomic E-state index is 13.1. The molecule has 180 valence electrons. The molecular formula is C23H37ClN4O3S. The van der Waals surface area contributed by atoms with Gasteiger partial charge in [0.05, 0.1) is 15.5 Å². The maximum atomic E-state index is 13.1. The van der Waals surface area contributed by atoms with Gasteiger partial charge in [-0.3, -0.25) is 4.79 Å². The van der Waals surface area contributed by atoms with Gasteiger partial charge in [0.2, 0.25) is 10.0 Å². The third-order valence-corrected chi connectivity index (χ3v) is 8.55. The molecule has 0 unspecified atom stereocenters. The number of hydrogen-bond acceptors (Lipinski definition) is 5. The zero-order chi connectivity index (χ0) is 23.0. The van der Waals surface area contributed by atoms with Crippen LogP contribution in [0.15, 0.2) is 23.1 Å². The van der Waals surface area contributed by atoms with Crippen molar-refractivity contribution in [1.29, 1.82) is 0 Å². The molecule has 0 aliphatic carbocycles. The normalized spacial score (nSPS) is 19.6. The summed E-state index contributed by atoms with van der Waals surface area (Å²) in [6, 6.07) is 4.43. The molecule has 1 amide bonds. The Morgan fingerprint density at radius 2 is 1.59 bits per heavy atom. The van der Waals surface area contributed by atoms with Crippen molar-refractivity contribution < 1.29 is 13.2 Å². The average molecular weight is 485 g/mol. The van der Waals surface area contributed by atoms with E-state index in [1.165, 1.54) is 28.9 Å². The zero-order valence-corrected chi connectivity index (χ0v) is 20.8. The molecule has 0 radical (unpaired) electrons. The highest BCUT2D eigenvalue weighted by atomic mass is 35.5. The maximum Gasteiger partial charge on any atom is 0.252 e. The topological polar surface area (TPSA) is 73.0 Å². The summed E-state index contributed by atoms with van der Waals surface area (Å²) in [5.74, 6) is -0.323. The van der Waals surface area contributed by atoms with Crippen LogP contribution in [0.5, 0.6) is 0 Å². The van der Waals surface area contributed by atoms with Gasteiger partial charge in [0.25, 0.3) is 5.91 Å². The first kappa shape index (κ1) is 25.4. The fourth-order valence-electron chi connectivity index (χ4n) is 4.42. The first-order valence-electron chi connectivity index (χ1n) is 11.9. The van der Waals surface area contributed by atoms with Crippen LogP contribution >= 0.6 is 11.6 Å². The second kappa shape index (κ2) is 12.3. The number of rotatable bonds is 9. The number of carbonyl (C=O) groups excluding carboxylic acids is 1. The second-order valence-corrected chi connectivity index (χ2v) is 11.1. The van der Waals surface area contributed by atoms with Crippen LogP contribution in [0.4, 0.5) is 0 Å². The highest BCUT2D eigenvalue weighted by molar-refractivity contribution is 7.89. The quantitative estimate of drug-likeness (QED) is 0.545. The van der Waals surface area contributed by atoms with Crippen LogP contribution in [-0.4, -0.2) is 87.3 Å². The number of sulfonamides is 1. The zero-order valence-electron chi connectivity index (χ0n) is 19.2. The largest absolute Gasteiger partial charge is 0.352 e. The Morgan fingerprint density at radius 3 is 2.22 bits per heavy atom. The van der Waals surface area contributed by atoms with E-state index in [4.69, 9.17) is 11.6 Å². The molecule has 7 nitrogen and oxygen atoms in total. The summed E-state index contributed by atoms with van der Waals surface area (Å²) >= 11 is 6.24. The summed E-state index contributed by atoms with van der Waals surface area (Å²) in [6.45, 7) is 10.2. The molecular weight excluding hydrogens is 448 g/mol. The highest BCUT2D eigenvalue weighted by Crippen LogP contribution is 2.25. The van der Waals surface area contributed by atoms with Gasteiger partial charge in [0, 0.05) is 45.8 Å². The van der Waals surface area contributed by atoms with Gasteiger partial charge in [-0.15, -0.1) is 0 Å². The summed E-state index contributed by atoms with van der Waals surface area (Å²) < 4.78 is 27.7. The molecule has 1 aromatic rings. The summed E-state index contributed by atoms with van der Waals surface area (Å²) in [6.07, 6.45) is 5.88. The Morgan fingerprint density at radius 1 is 0.969 bits per heavy atom. The monoisotopic (exact) mass is 484 g/mol. The van der Waals surface area contributed by atoms with Gasteiger partial charge in [-0.25, -0.2) is 8.42 Å². The van der Waals surface area contributed by atoms with E-state index >= 15 is 0 Å². The average Bonchev–Trinajstić information content (AvgIpc) is 3.08. The minimum absolute atomic E-state index is 0.138. The van der Waals surface area contributed by atoms with E-state index in [-0.39, 0.29) is 21.4 Å². The SMILES string of the molecule is CCCN1CCN(CCCNC(=O)c2cc(S(=O)(=O)N3CCCCCC3)ccc2Cl)CC1. The summed E-state index contributed by atoms with van der Waals surface area (Å²) in [5, 5.41) is 3.18. The number of halogens is 1. The Labute approximate surface area is 198 Å². The molecule has 2 aliphatic heterocycles. The Hall–Kier alpha value is -1.19. The lowest BCUT2D eigenvalue weighted by Gasteiger charge is -2.34. The molecule has 3 rings (SSSR count). The van der Waals surface area contributed by atoms with Crippen LogP contribution in [0.3, 0.4) is 0 Å². The molecule has 2 aliphatic rings. The van der Waals surface area contributed by atoms with Gasteiger partial charge in [0.15, 0.2) is 0 Å². The number of nitrogens with zero attached hydrogens (tertiary/aromatic N) is 3. The Balaban J connectivity index is 1.52. The highest BCUT2D eigenvalue weighted by Gasteiger charge is 2.26. The molecule has 2 heterocycles. The third-order valence-electron chi connectivity index (χ3n) is 6.33. The van der Waals surface area contributed by atoms with Gasteiger partial charge in [-0.1, -0.05) is 31.4 Å². The Kier molecular flexibility index (Phi) is 9.79. The molecule has 0 aromatic heterocycles. The first-order valence-corrected chi connectivity index (χ1v) is 13.8. The Bertz CT molecular complexity index is 849. The lowest BCUT2D eigenvalue weighted by atomic mass is 10.2. The smallest absolute Gasteiger partial charge is 0.252 e. The number of benzene rings is 1. The minimum atomic E-state index is -3.62. The lowest BCUT2D eigenvalue weighted by molar-refractivity contribution is 0.0947. The van der Waals surface area contributed by atoms with Crippen LogP contribution < -0.4 is 5.32 Å². The van der Waals surface area contributed by atoms with E-state index in [1.807, 2.05) is 0 Å². The first-order chi connectivity index (χ1) is 15.4. The van der Waals surface area contributed by atoms with E-state index in [9.17, 15) is 13.2 Å². The number of carbonyl (C=O) groups is 1. The number of amides is 1. The fourth-order valence-corrected chi connectivity index (χ4v) is 6.17. The van der Waals surface area contributed by atoms with Crippen LogP contribution in [0.2, 0.25) is 5.02 Å². The predicted molar refractivity (Wildman–Crippen MR) is 129 cm³/mol. The molecule has 2 saturated heterocycles. The molecule has 0 saturated carbocycles. The molecule has 32 heavy (non-hydrogen) atoms. The molecule has 0 atom stereocenters. The number of piperazine rings is 1. The van der Waals surface area contributed by atoms with Crippen molar-refractivity contribution in [3.8, 4) is 0 Å². The van der Waals surface area contributed by atoms with Crippen molar-refractivity contribution in [2.24, 2.45) is 0 Å². The van der Waals surface area contributed by atoms with Crippen molar-refractivity contribution in [3.63, 3.8) is 0 Å². The molecule has 9 heteroatoms. The van der Waals surface area contributed by atoms with Crippen molar-refractivity contribution in [2.45, 2.75) is 50.3 Å². The van der Waals surface area contributed by atoms with Gasteiger partial charge >= 0.3 is 0 Å². The second-order valence-electron chi connectivity index (χ2n) is 8.75. The van der Waals surface area contributed by atoms with Crippen LogP contribution in [-0.2, 0) is 10.0 Å². The van der Waals surface area contributed by atoms with E-state index in [2.05, 4.69) is 22.0 Å². The number of nitrogens with one attached hydrogen (secondary N) is 1. The number of hydrogen-bond donors (Lipinski definition) is 1. The van der Waals surface area contributed by atoms with Crippen LogP contribution in [0.25, 0.3) is 0 Å². The standard InChI is InChI=1S/C23H37ClN4O3S/c1-2-11-26-15-17-27(18-16-26)12-7-10-25-23(29)21-19-20(8-9-22(21)24)32(30,31)28-13-5-3-4-6-14-28/h8-9,19H,2-7,10-18H2,1H3,(H,25,29). The molecule has 2 fully saturated rings. The molecule has 1 aromatic carbocycles. The van der Waals surface area contributed by atoms with Crippen molar-refractivity contribution in [1.82, 2.24) is 19.4 Å². The van der Waals surface area contributed by atoms with Crippen molar-refractivity contribution in [3.05, 3.63) is 28.8 Å². The van der Waals surface area contributed by atoms with Gasteiger partial charge < -0.3 is 15.1 Å². The predicted octanol–water partition coefficient (Wildman–Crippen LogP) is 3.05. The van der Waals surface area contributed by atoms with Crippen LogP contribution in [0, 0.1) is 0 Å². The summed E-state index contributed by atoms with van der Waals surface area (Å²) in [5.41, 5.74) is 0.218. The third kappa shape index (κ3) is 6.90. The van der Waals surface area contributed by atoms with E-state index < -0.39 is 10.0 Å². The van der Waals surface area contributed by atoms with E-state index in [0.29, 0.717) is 19.6 Å². The molecule has 0 bridgehead atoms. The van der Waals surface area contributed by atoms with Crippen LogP contribution in [0.1, 0.15) is 55.8 Å². The summed E-state index contributed by atoms with van der Waals surface area (Å²) in [7, 11) is -3.62. The van der Waals surface area contributed by atoms with Gasteiger partial charge in [-0.05, 0) is 57.0 Å². The van der Waals surface area contributed by atoms with E-state index in [1.54, 1.807) is 0 Å². The molecule has 1 N–H and O–H groups in total. The fraction of sp³-hybridized carbons (Fsp3) is 0.696.